The number of rotatable bonds is 11. The van der Waals surface area contributed by atoms with Gasteiger partial charge in [-0.3, -0.25) is 9.20 Å². The molecule has 3 aromatic heterocycles. The normalized spacial score (nSPS) is 16.8. The van der Waals surface area contributed by atoms with Crippen molar-refractivity contribution in [3.8, 4) is 22.9 Å². The highest BCUT2D eigenvalue weighted by molar-refractivity contribution is 5.96. The number of piperidine rings is 1. The molecule has 0 spiro atoms. The molecule has 1 unspecified atom stereocenters. The summed E-state index contributed by atoms with van der Waals surface area (Å²) < 4.78 is 42.8. The maximum atomic E-state index is 15.3. The Kier molecular flexibility index (Phi) is 11.0. The lowest BCUT2D eigenvalue weighted by Gasteiger charge is -2.33. The van der Waals surface area contributed by atoms with Gasteiger partial charge in [0.15, 0.2) is 23.0 Å². The van der Waals surface area contributed by atoms with Gasteiger partial charge in [0.1, 0.15) is 11.8 Å². The summed E-state index contributed by atoms with van der Waals surface area (Å²) in [6.45, 7) is 12.7. The van der Waals surface area contributed by atoms with Crippen LogP contribution in [0.25, 0.3) is 16.9 Å². The van der Waals surface area contributed by atoms with Gasteiger partial charge in [0.2, 0.25) is 5.82 Å². The van der Waals surface area contributed by atoms with E-state index in [2.05, 4.69) is 40.9 Å². The number of aryl methyl sites for hydroxylation is 1. The van der Waals surface area contributed by atoms with Crippen molar-refractivity contribution in [2.45, 2.75) is 59.0 Å². The molecule has 16 heteroatoms. The van der Waals surface area contributed by atoms with E-state index in [0.717, 1.165) is 57.5 Å². The molecule has 0 saturated carbocycles. The Morgan fingerprint density at radius 1 is 1.00 bits per heavy atom. The minimum atomic E-state index is -1.17. The molecule has 3 N–H and O–H groups in total. The molecule has 0 bridgehead atoms. The number of aromatic nitrogens is 6. The predicted octanol–water partition coefficient (Wildman–Crippen LogP) is 6.59. The van der Waals surface area contributed by atoms with E-state index < -0.39 is 17.2 Å². The fourth-order valence-electron chi connectivity index (χ4n) is 7.23. The van der Waals surface area contributed by atoms with Crippen molar-refractivity contribution in [2.24, 2.45) is 11.8 Å². The molecule has 5 heterocycles. The van der Waals surface area contributed by atoms with E-state index in [-0.39, 0.29) is 29.2 Å². The van der Waals surface area contributed by atoms with Gasteiger partial charge in [-0.15, -0.1) is 5.10 Å². The summed E-state index contributed by atoms with van der Waals surface area (Å²) in [5.74, 6) is -1.46. The number of nitrogens with zero attached hydrogens (tertiary/aromatic N) is 7. The zero-order valence-corrected chi connectivity index (χ0v) is 31.4. The number of carbonyl (C=O) groups is 2. The van der Waals surface area contributed by atoms with Crippen LogP contribution in [0, 0.1) is 23.5 Å². The van der Waals surface area contributed by atoms with Crippen molar-refractivity contribution in [3.63, 3.8) is 0 Å². The first-order valence-corrected chi connectivity index (χ1v) is 18.7. The molecule has 1 atom stereocenters. The summed E-state index contributed by atoms with van der Waals surface area (Å²) in [5, 5.41) is 16.1. The molecule has 14 nitrogen and oxygen atoms in total. The Labute approximate surface area is 317 Å². The first-order valence-electron chi connectivity index (χ1n) is 18.7. The molecule has 55 heavy (non-hydrogen) atoms. The number of fused-ring (bicyclic) bond motifs is 1. The number of nitrogens with one attached hydrogen (secondary N) is 3. The van der Waals surface area contributed by atoms with Gasteiger partial charge in [-0.2, -0.15) is 14.7 Å². The number of imidazole rings is 1. The number of amides is 2. The molecule has 0 aliphatic carbocycles. The molecule has 0 radical (unpaired) electrons. The Morgan fingerprint density at radius 3 is 2.55 bits per heavy atom. The van der Waals surface area contributed by atoms with Crippen LogP contribution in [0.3, 0.4) is 0 Å². The highest BCUT2D eigenvalue weighted by atomic mass is 19.2. The monoisotopic (exact) mass is 756 g/mol. The van der Waals surface area contributed by atoms with E-state index in [1.54, 1.807) is 22.9 Å². The average Bonchev–Trinajstić information content (AvgIpc) is 3.95. The molecule has 2 aliphatic rings. The molecular weight excluding hydrogens is 710 g/mol. The molecule has 2 fully saturated rings. The van der Waals surface area contributed by atoms with Gasteiger partial charge in [0.05, 0.1) is 11.9 Å². The Morgan fingerprint density at radius 2 is 1.80 bits per heavy atom. The highest BCUT2D eigenvalue weighted by Crippen LogP contribution is 2.33. The summed E-state index contributed by atoms with van der Waals surface area (Å²) in [5.41, 5.74) is 2.40. The maximum absolute atomic E-state index is 15.3. The third-order valence-corrected chi connectivity index (χ3v) is 10.1. The molecule has 7 rings (SSSR count). The van der Waals surface area contributed by atoms with Crippen molar-refractivity contribution in [3.05, 3.63) is 77.9 Å². The van der Waals surface area contributed by atoms with E-state index in [1.807, 2.05) is 44.7 Å². The van der Waals surface area contributed by atoms with Crippen LogP contribution in [0.4, 0.5) is 25.1 Å². The number of hydrogen-bond acceptors (Lipinski definition) is 10. The second-order valence-electron chi connectivity index (χ2n) is 15.1. The first-order chi connectivity index (χ1) is 26.5. The third-order valence-electron chi connectivity index (χ3n) is 10.1. The lowest BCUT2D eigenvalue weighted by Crippen LogP contribution is -2.41. The van der Waals surface area contributed by atoms with Crippen LogP contribution in [0.15, 0.2) is 55.1 Å². The van der Waals surface area contributed by atoms with Crippen LogP contribution < -0.4 is 15.4 Å². The van der Waals surface area contributed by atoms with Gasteiger partial charge in [-0.1, -0.05) is 6.92 Å². The van der Waals surface area contributed by atoms with Crippen LogP contribution in [0.1, 0.15) is 62.9 Å². The smallest absolute Gasteiger partial charge is 0.410 e. The standard InChI is InChI=1S/C39H46F2N10O4/c1-5-26-18-27(46-35-36-43-20-30(51(36)17-13-42-35)29-8-9-31(34(41)33(29)40)54-32-21-45-48-47-32)6-7-28(26)37(52)44-19-24-10-14-49(15-11-24)22-25-12-16-50(23-25)38(53)55-39(2,3)4/h6-9,13,17-18,20-21,24-25H,5,10-12,14-16,19,22-23H2,1-4H3,(H,42,46)(H,44,52)(H,45,47,48). The van der Waals surface area contributed by atoms with Crippen molar-refractivity contribution in [1.82, 2.24) is 44.9 Å². The van der Waals surface area contributed by atoms with E-state index in [1.165, 1.54) is 24.5 Å². The molecule has 2 aromatic carbocycles. The van der Waals surface area contributed by atoms with E-state index in [0.29, 0.717) is 53.2 Å². The van der Waals surface area contributed by atoms with Crippen LogP contribution >= 0.6 is 0 Å². The second-order valence-corrected chi connectivity index (χ2v) is 15.1. The average molecular weight is 757 g/mol. The van der Waals surface area contributed by atoms with Crippen LogP contribution in [-0.4, -0.2) is 96.4 Å². The molecule has 290 valence electrons. The largest absolute Gasteiger partial charge is 0.444 e. The van der Waals surface area contributed by atoms with Gasteiger partial charge in [0.25, 0.3) is 11.8 Å². The fourth-order valence-corrected chi connectivity index (χ4v) is 7.23. The molecule has 2 saturated heterocycles. The summed E-state index contributed by atoms with van der Waals surface area (Å²) in [6.07, 6.45) is 9.26. The summed E-state index contributed by atoms with van der Waals surface area (Å²) in [6, 6.07) is 8.26. The first kappa shape index (κ1) is 37.7. The number of halogens is 2. The van der Waals surface area contributed by atoms with Crippen molar-refractivity contribution < 1.29 is 27.8 Å². The maximum Gasteiger partial charge on any atom is 0.410 e. The van der Waals surface area contributed by atoms with E-state index >= 15 is 4.39 Å². The van der Waals surface area contributed by atoms with E-state index in [4.69, 9.17) is 9.47 Å². The summed E-state index contributed by atoms with van der Waals surface area (Å²) >= 11 is 0. The van der Waals surface area contributed by atoms with Crippen molar-refractivity contribution in [2.75, 3.05) is 44.6 Å². The minimum absolute atomic E-state index is 0.00148. The Bertz CT molecular complexity index is 2140. The third kappa shape index (κ3) is 8.69. The van der Waals surface area contributed by atoms with Gasteiger partial charge in [-0.05, 0) is 107 Å². The number of H-pyrrole nitrogens is 1. The van der Waals surface area contributed by atoms with Crippen molar-refractivity contribution >= 4 is 29.2 Å². The summed E-state index contributed by atoms with van der Waals surface area (Å²) in [4.78, 5) is 39.1. The number of likely N-dealkylation sites (tertiary alicyclic amines) is 2. The van der Waals surface area contributed by atoms with Crippen LogP contribution in [0.2, 0.25) is 0 Å². The number of carbonyl (C=O) groups excluding carboxylic acids is 2. The van der Waals surface area contributed by atoms with Crippen LogP contribution in [-0.2, 0) is 11.2 Å². The summed E-state index contributed by atoms with van der Waals surface area (Å²) in [7, 11) is 0. The highest BCUT2D eigenvalue weighted by Gasteiger charge is 2.32. The zero-order valence-electron chi connectivity index (χ0n) is 31.4. The lowest BCUT2D eigenvalue weighted by atomic mass is 9.95. The van der Waals surface area contributed by atoms with Crippen LogP contribution in [0.5, 0.6) is 11.6 Å². The second kappa shape index (κ2) is 16.0. The molecule has 5 aromatic rings. The molecular formula is C39H46F2N10O4. The number of hydrogen-bond donors (Lipinski definition) is 3. The van der Waals surface area contributed by atoms with Gasteiger partial charge < -0.3 is 29.9 Å². The Hall–Kier alpha value is -5.64. The zero-order chi connectivity index (χ0) is 38.7. The SMILES string of the molecule is CCc1cc(Nc2nccn3c(-c4ccc(Oc5cn[nH]n5)c(F)c4F)cnc23)ccc1C(=O)NCC1CCN(CC2CCN(C(=O)OC(C)(C)C)C2)CC1. The van der Waals surface area contributed by atoms with E-state index in [9.17, 15) is 14.0 Å². The lowest BCUT2D eigenvalue weighted by molar-refractivity contribution is 0.0283. The number of anilines is 2. The van der Waals surface area contributed by atoms with Gasteiger partial charge in [-0.25, -0.2) is 19.2 Å². The number of ether oxygens (including phenoxy) is 2. The van der Waals surface area contributed by atoms with Gasteiger partial charge in [0, 0.05) is 55.4 Å². The minimum Gasteiger partial charge on any atom is -0.444 e. The number of aromatic amines is 1. The quantitative estimate of drug-likeness (QED) is 0.135. The van der Waals surface area contributed by atoms with Gasteiger partial charge >= 0.3 is 6.09 Å². The number of benzene rings is 2. The molecule has 2 amide bonds. The topological polar surface area (TPSA) is 155 Å². The van der Waals surface area contributed by atoms with Crippen molar-refractivity contribution in [1.29, 1.82) is 0 Å². The predicted molar refractivity (Wildman–Crippen MR) is 201 cm³/mol. The Balaban J connectivity index is 0.933. The molecule has 2 aliphatic heterocycles. The fraction of sp³-hybridized carbons (Fsp3) is 0.436.